The average Bonchev–Trinajstić information content (AvgIpc) is 2.18. The summed E-state index contributed by atoms with van der Waals surface area (Å²) < 4.78 is 10.7. The van der Waals surface area contributed by atoms with E-state index in [-0.39, 0.29) is 11.9 Å². The summed E-state index contributed by atoms with van der Waals surface area (Å²) in [5.74, 6) is 0.591. The molecular weight excluding hydrogens is 200 g/mol. The summed E-state index contributed by atoms with van der Waals surface area (Å²) in [5.41, 5.74) is 0. The lowest BCUT2D eigenvalue weighted by molar-refractivity contribution is -0.123. The standard InChI is InChI=1S/C9H18N2O2S/c1-14(13)7-6-11-9(12)8-4-2-3-5-10-8/h8,10H,2-7H2,1H3,(H,11,12)/t8-,14?/m1/s1. The van der Waals surface area contributed by atoms with Gasteiger partial charge in [0.05, 0.1) is 6.04 Å². The number of carbonyl (C=O) groups is 1. The number of hydrogen-bond acceptors (Lipinski definition) is 3. The fraction of sp³-hybridized carbons (Fsp3) is 0.889. The molecule has 0 aliphatic carbocycles. The van der Waals surface area contributed by atoms with Crippen molar-refractivity contribution < 1.29 is 9.00 Å². The van der Waals surface area contributed by atoms with Crippen LogP contribution in [0, 0.1) is 0 Å². The van der Waals surface area contributed by atoms with Crippen molar-refractivity contribution in [2.75, 3.05) is 25.1 Å². The molecule has 2 atom stereocenters. The number of amides is 1. The van der Waals surface area contributed by atoms with Gasteiger partial charge in [-0.15, -0.1) is 0 Å². The molecular formula is C9H18N2O2S. The third-order valence-corrected chi connectivity index (χ3v) is 3.09. The Bertz CT molecular complexity index is 215. The number of hydrogen-bond donors (Lipinski definition) is 2. The Kier molecular flexibility index (Phi) is 5.11. The van der Waals surface area contributed by atoms with E-state index in [9.17, 15) is 9.00 Å². The first kappa shape index (κ1) is 11.7. The summed E-state index contributed by atoms with van der Waals surface area (Å²) in [7, 11) is -0.822. The summed E-state index contributed by atoms with van der Waals surface area (Å²) in [6, 6.07) is -0.0333. The number of carbonyl (C=O) groups excluding carboxylic acids is 1. The van der Waals surface area contributed by atoms with Gasteiger partial charge >= 0.3 is 0 Å². The molecule has 82 valence electrons. The van der Waals surface area contributed by atoms with Crippen LogP contribution in [0.3, 0.4) is 0 Å². The van der Waals surface area contributed by atoms with Gasteiger partial charge in [-0.2, -0.15) is 0 Å². The molecule has 1 aliphatic heterocycles. The Balaban J connectivity index is 2.16. The van der Waals surface area contributed by atoms with Crippen LogP contribution in [0.5, 0.6) is 0 Å². The Morgan fingerprint density at radius 2 is 2.36 bits per heavy atom. The molecule has 2 N–H and O–H groups in total. The smallest absolute Gasteiger partial charge is 0.237 e. The summed E-state index contributed by atoms with van der Waals surface area (Å²) >= 11 is 0. The highest BCUT2D eigenvalue weighted by atomic mass is 32.2. The first-order valence-corrected chi connectivity index (χ1v) is 6.74. The van der Waals surface area contributed by atoms with E-state index in [4.69, 9.17) is 0 Å². The first-order valence-electron chi connectivity index (χ1n) is 5.01. The van der Waals surface area contributed by atoms with Crippen LogP contribution in [-0.2, 0) is 15.6 Å². The van der Waals surface area contributed by atoms with Crippen molar-refractivity contribution in [2.24, 2.45) is 0 Å². The van der Waals surface area contributed by atoms with Gasteiger partial charge in [0, 0.05) is 29.4 Å². The minimum absolute atomic E-state index is 0.0333. The Labute approximate surface area is 87.3 Å². The van der Waals surface area contributed by atoms with E-state index in [1.165, 1.54) is 0 Å². The molecule has 5 heteroatoms. The van der Waals surface area contributed by atoms with E-state index >= 15 is 0 Å². The molecule has 0 aromatic heterocycles. The van der Waals surface area contributed by atoms with Crippen molar-refractivity contribution in [3.05, 3.63) is 0 Å². The molecule has 1 heterocycles. The van der Waals surface area contributed by atoms with Gasteiger partial charge in [0.25, 0.3) is 0 Å². The molecule has 0 bridgehead atoms. The number of rotatable bonds is 4. The van der Waals surface area contributed by atoms with Gasteiger partial charge in [-0.1, -0.05) is 6.42 Å². The molecule has 1 unspecified atom stereocenters. The van der Waals surface area contributed by atoms with Crippen LogP contribution in [0.4, 0.5) is 0 Å². The second kappa shape index (κ2) is 6.14. The molecule has 4 nitrogen and oxygen atoms in total. The largest absolute Gasteiger partial charge is 0.354 e. The van der Waals surface area contributed by atoms with Crippen molar-refractivity contribution in [2.45, 2.75) is 25.3 Å². The zero-order valence-corrected chi connectivity index (χ0v) is 9.36. The van der Waals surface area contributed by atoms with E-state index in [0.717, 1.165) is 25.8 Å². The molecule has 0 aromatic carbocycles. The Morgan fingerprint density at radius 1 is 1.57 bits per heavy atom. The molecule has 0 radical (unpaired) electrons. The fourth-order valence-corrected chi connectivity index (χ4v) is 1.91. The first-order chi connectivity index (χ1) is 6.70. The third-order valence-electron chi connectivity index (χ3n) is 2.32. The van der Waals surface area contributed by atoms with E-state index in [0.29, 0.717) is 12.3 Å². The predicted molar refractivity (Wildman–Crippen MR) is 57.6 cm³/mol. The lowest BCUT2D eigenvalue weighted by Gasteiger charge is -2.22. The van der Waals surface area contributed by atoms with Crippen LogP contribution in [0.15, 0.2) is 0 Å². The summed E-state index contributed by atoms with van der Waals surface area (Å²) in [6.45, 7) is 1.44. The second-order valence-corrected chi connectivity index (χ2v) is 5.13. The summed E-state index contributed by atoms with van der Waals surface area (Å²) in [5, 5.41) is 5.96. The molecule has 14 heavy (non-hydrogen) atoms. The predicted octanol–water partition coefficient (Wildman–Crippen LogP) is -0.377. The Morgan fingerprint density at radius 3 is 2.93 bits per heavy atom. The second-order valence-electron chi connectivity index (χ2n) is 3.57. The zero-order valence-electron chi connectivity index (χ0n) is 8.54. The molecule has 0 spiro atoms. The molecule has 0 aromatic rings. The lowest BCUT2D eigenvalue weighted by atomic mass is 10.0. The van der Waals surface area contributed by atoms with Crippen LogP contribution >= 0.6 is 0 Å². The van der Waals surface area contributed by atoms with Crippen molar-refractivity contribution in [3.63, 3.8) is 0 Å². The number of nitrogens with one attached hydrogen (secondary N) is 2. The van der Waals surface area contributed by atoms with Crippen LogP contribution in [0.25, 0.3) is 0 Å². The van der Waals surface area contributed by atoms with Gasteiger partial charge in [0.15, 0.2) is 0 Å². The maximum atomic E-state index is 11.5. The van der Waals surface area contributed by atoms with E-state index < -0.39 is 10.8 Å². The van der Waals surface area contributed by atoms with Gasteiger partial charge in [0.1, 0.15) is 0 Å². The van der Waals surface area contributed by atoms with E-state index in [1.807, 2.05) is 0 Å². The normalized spacial score (nSPS) is 24.2. The van der Waals surface area contributed by atoms with Crippen molar-refractivity contribution in [3.8, 4) is 0 Å². The van der Waals surface area contributed by atoms with Crippen molar-refractivity contribution in [1.29, 1.82) is 0 Å². The lowest BCUT2D eigenvalue weighted by Crippen LogP contribution is -2.47. The quantitative estimate of drug-likeness (QED) is 0.676. The topological polar surface area (TPSA) is 58.2 Å². The SMILES string of the molecule is CS(=O)CCNC(=O)[C@H]1CCCCN1. The van der Waals surface area contributed by atoms with E-state index in [1.54, 1.807) is 6.26 Å². The molecule has 1 amide bonds. The van der Waals surface area contributed by atoms with Gasteiger partial charge in [-0.25, -0.2) is 0 Å². The average molecular weight is 218 g/mol. The van der Waals surface area contributed by atoms with Gasteiger partial charge < -0.3 is 10.6 Å². The van der Waals surface area contributed by atoms with Gasteiger partial charge in [-0.05, 0) is 19.4 Å². The van der Waals surface area contributed by atoms with Crippen LogP contribution < -0.4 is 10.6 Å². The van der Waals surface area contributed by atoms with Gasteiger partial charge in [-0.3, -0.25) is 9.00 Å². The molecule has 0 saturated carbocycles. The highest BCUT2D eigenvalue weighted by Gasteiger charge is 2.19. The fourth-order valence-electron chi connectivity index (χ4n) is 1.52. The van der Waals surface area contributed by atoms with E-state index in [2.05, 4.69) is 10.6 Å². The number of piperidine rings is 1. The summed E-state index contributed by atoms with van der Waals surface area (Å²) in [6.07, 6.45) is 4.83. The van der Waals surface area contributed by atoms with Crippen LogP contribution in [0.2, 0.25) is 0 Å². The Hall–Kier alpha value is -0.420. The van der Waals surface area contributed by atoms with Crippen molar-refractivity contribution >= 4 is 16.7 Å². The molecule has 1 saturated heterocycles. The maximum Gasteiger partial charge on any atom is 0.237 e. The van der Waals surface area contributed by atoms with Crippen LogP contribution in [0.1, 0.15) is 19.3 Å². The molecule has 1 fully saturated rings. The third kappa shape index (κ3) is 4.19. The summed E-state index contributed by atoms with van der Waals surface area (Å²) in [4.78, 5) is 11.5. The monoisotopic (exact) mass is 218 g/mol. The van der Waals surface area contributed by atoms with Crippen molar-refractivity contribution in [1.82, 2.24) is 10.6 Å². The minimum Gasteiger partial charge on any atom is -0.354 e. The highest BCUT2D eigenvalue weighted by molar-refractivity contribution is 7.84. The van der Waals surface area contributed by atoms with Gasteiger partial charge in [0.2, 0.25) is 5.91 Å². The molecule has 1 aliphatic rings. The van der Waals surface area contributed by atoms with Crippen LogP contribution in [-0.4, -0.2) is 41.3 Å². The molecule has 1 rings (SSSR count). The minimum atomic E-state index is -0.822. The zero-order chi connectivity index (χ0) is 10.4. The highest BCUT2D eigenvalue weighted by Crippen LogP contribution is 2.06. The maximum absolute atomic E-state index is 11.5.